The first-order valence-corrected chi connectivity index (χ1v) is 11.3. The Kier molecular flexibility index (Phi) is 11.4. The number of alkyl halides is 3. The number of nitrogens with zero attached hydrogens (tertiary/aromatic N) is 2. The van der Waals surface area contributed by atoms with E-state index in [0.717, 1.165) is 0 Å². The fraction of sp³-hybridized carbons (Fsp3) is 0.478. The third-order valence-electron chi connectivity index (χ3n) is 4.44. The normalized spacial score (nSPS) is 11.3. The highest BCUT2D eigenvalue weighted by atomic mass is 35.5. The molecule has 0 N–H and O–H groups in total. The van der Waals surface area contributed by atoms with Crippen LogP contribution in [-0.2, 0) is 20.4 Å². The molecular formula is C23H28ClF3N2O6. The fourth-order valence-corrected chi connectivity index (χ4v) is 3.09. The van der Waals surface area contributed by atoms with Crippen molar-refractivity contribution in [2.75, 3.05) is 51.6 Å². The second-order valence-corrected chi connectivity index (χ2v) is 7.43. The van der Waals surface area contributed by atoms with Crippen molar-refractivity contribution in [2.45, 2.75) is 26.4 Å². The van der Waals surface area contributed by atoms with E-state index in [-0.39, 0.29) is 61.1 Å². The molecule has 194 valence electrons. The first kappa shape index (κ1) is 28.5. The summed E-state index contributed by atoms with van der Waals surface area (Å²) in [6.07, 6.45) is -4.11. The number of rotatable bonds is 13. The van der Waals surface area contributed by atoms with E-state index in [1.807, 2.05) is 13.8 Å². The first-order valence-electron chi connectivity index (χ1n) is 10.9. The van der Waals surface area contributed by atoms with Crippen LogP contribution < -0.4 is 14.4 Å². The number of hydrogen-bond donors (Lipinski definition) is 0. The number of aromatic nitrogens is 1. The number of pyridine rings is 1. The summed E-state index contributed by atoms with van der Waals surface area (Å²) in [6.45, 7) is 5.11. The molecule has 1 aromatic carbocycles. The molecule has 2 rings (SSSR count). The van der Waals surface area contributed by atoms with Gasteiger partial charge >= 0.3 is 12.3 Å². The number of halogens is 4. The van der Waals surface area contributed by atoms with Gasteiger partial charge in [0.1, 0.15) is 29.7 Å². The third-order valence-corrected chi connectivity index (χ3v) is 4.71. The molecule has 35 heavy (non-hydrogen) atoms. The average Bonchev–Trinajstić information content (AvgIpc) is 2.81. The third kappa shape index (κ3) is 8.44. The predicted molar refractivity (Wildman–Crippen MR) is 124 cm³/mol. The lowest BCUT2D eigenvalue weighted by Gasteiger charge is -2.26. The Bertz CT molecular complexity index is 961. The van der Waals surface area contributed by atoms with Gasteiger partial charge in [-0.15, -0.1) is 0 Å². The van der Waals surface area contributed by atoms with Gasteiger partial charge < -0.3 is 23.7 Å². The number of hydrogen-bond acceptors (Lipinski definition) is 7. The Morgan fingerprint density at radius 1 is 1.11 bits per heavy atom. The lowest BCUT2D eigenvalue weighted by molar-refractivity contribution is -0.137. The van der Waals surface area contributed by atoms with Crippen molar-refractivity contribution >= 4 is 23.4 Å². The van der Waals surface area contributed by atoms with Crippen molar-refractivity contribution in [3.05, 3.63) is 41.0 Å². The van der Waals surface area contributed by atoms with E-state index in [1.54, 1.807) is 12.1 Å². The van der Waals surface area contributed by atoms with Gasteiger partial charge in [0.2, 0.25) is 5.88 Å². The maximum absolute atomic E-state index is 13.0. The fourth-order valence-electron chi connectivity index (χ4n) is 2.89. The number of carbonyl (C=O) groups is 1. The second kappa shape index (κ2) is 14.0. The number of benzene rings is 1. The van der Waals surface area contributed by atoms with E-state index in [1.165, 1.54) is 18.1 Å². The van der Waals surface area contributed by atoms with Gasteiger partial charge in [-0.3, -0.25) is 4.90 Å². The zero-order valence-corrected chi connectivity index (χ0v) is 20.4. The van der Waals surface area contributed by atoms with Crippen LogP contribution in [0.3, 0.4) is 0 Å². The molecule has 0 bridgehead atoms. The molecule has 0 aliphatic rings. The molecular weight excluding hydrogens is 493 g/mol. The van der Waals surface area contributed by atoms with Gasteiger partial charge in [-0.05, 0) is 31.5 Å². The Hall–Kier alpha value is -2.76. The predicted octanol–water partition coefficient (Wildman–Crippen LogP) is 5.96. The molecule has 1 amide bonds. The quantitative estimate of drug-likeness (QED) is 0.301. The molecule has 12 heteroatoms. The highest BCUT2D eigenvalue weighted by molar-refractivity contribution is 6.31. The largest absolute Gasteiger partial charge is 0.489 e. The Morgan fingerprint density at radius 2 is 1.86 bits per heavy atom. The van der Waals surface area contributed by atoms with Crippen molar-refractivity contribution in [1.29, 1.82) is 0 Å². The molecule has 0 fully saturated rings. The number of methoxy groups -OCH3 is 1. The summed E-state index contributed by atoms with van der Waals surface area (Å²) in [5, 5.41) is -0.349. The van der Waals surface area contributed by atoms with Gasteiger partial charge in [-0.25, -0.2) is 9.78 Å². The SMILES string of the molecule is CCCN(C(=O)OCCOCC)c1c(OCCOC)cccc1Oc1ncc(C(F)(F)F)cc1Cl. The van der Waals surface area contributed by atoms with Crippen molar-refractivity contribution in [3.8, 4) is 17.4 Å². The maximum atomic E-state index is 13.0. The van der Waals surface area contributed by atoms with Crippen molar-refractivity contribution < 1.29 is 41.7 Å². The number of amides is 1. The van der Waals surface area contributed by atoms with Gasteiger partial charge in [-0.1, -0.05) is 24.6 Å². The smallest absolute Gasteiger partial charge is 0.417 e. The summed E-state index contributed by atoms with van der Waals surface area (Å²) in [5.41, 5.74) is -0.804. The van der Waals surface area contributed by atoms with E-state index in [4.69, 9.17) is 35.3 Å². The number of para-hydroxylation sites is 1. The van der Waals surface area contributed by atoms with Crippen LogP contribution in [0, 0.1) is 0 Å². The van der Waals surface area contributed by atoms with E-state index < -0.39 is 17.8 Å². The van der Waals surface area contributed by atoms with E-state index in [9.17, 15) is 18.0 Å². The summed E-state index contributed by atoms with van der Waals surface area (Å²) in [4.78, 5) is 18.0. The van der Waals surface area contributed by atoms with Crippen molar-refractivity contribution in [1.82, 2.24) is 4.98 Å². The van der Waals surface area contributed by atoms with Gasteiger partial charge in [-0.2, -0.15) is 13.2 Å². The van der Waals surface area contributed by atoms with Crippen LogP contribution in [0.1, 0.15) is 25.8 Å². The molecule has 1 heterocycles. The standard InChI is InChI=1S/C23H28ClF3N2O6/c1-4-9-29(22(30)34-13-11-32-5-2)20-18(33-12-10-31-3)7-6-8-19(20)35-21-17(24)14-16(15-28-21)23(25,26)27/h6-8,14-15H,4-5,9-13H2,1-3H3. The first-order chi connectivity index (χ1) is 16.7. The summed E-state index contributed by atoms with van der Waals surface area (Å²) in [7, 11) is 1.52. The van der Waals surface area contributed by atoms with Crippen LogP contribution >= 0.6 is 11.6 Å². The zero-order chi connectivity index (χ0) is 25.8. The molecule has 0 radical (unpaired) electrons. The van der Waals surface area contributed by atoms with Crippen LogP contribution in [0.25, 0.3) is 0 Å². The molecule has 1 aromatic heterocycles. The average molecular weight is 521 g/mol. The molecule has 8 nitrogen and oxygen atoms in total. The van der Waals surface area contributed by atoms with Crippen LogP contribution in [0.15, 0.2) is 30.5 Å². The van der Waals surface area contributed by atoms with E-state index in [0.29, 0.717) is 25.3 Å². The number of anilines is 1. The summed E-state index contributed by atoms with van der Waals surface area (Å²) in [5.74, 6) is 0.0956. The molecule has 0 unspecified atom stereocenters. The highest BCUT2D eigenvalue weighted by Gasteiger charge is 2.32. The van der Waals surface area contributed by atoms with Gasteiger partial charge in [0.25, 0.3) is 0 Å². The Morgan fingerprint density at radius 3 is 2.49 bits per heavy atom. The van der Waals surface area contributed by atoms with E-state index in [2.05, 4.69) is 4.98 Å². The molecule has 0 aliphatic heterocycles. The van der Waals surface area contributed by atoms with Gasteiger partial charge in [0, 0.05) is 26.5 Å². The Balaban J connectivity index is 2.45. The van der Waals surface area contributed by atoms with Crippen LogP contribution in [0.4, 0.5) is 23.7 Å². The van der Waals surface area contributed by atoms with Gasteiger partial charge in [0.05, 0.1) is 18.8 Å². The maximum Gasteiger partial charge on any atom is 0.417 e. The van der Waals surface area contributed by atoms with Crippen LogP contribution in [-0.4, -0.2) is 57.8 Å². The lowest BCUT2D eigenvalue weighted by atomic mass is 10.2. The minimum Gasteiger partial charge on any atom is -0.489 e. The van der Waals surface area contributed by atoms with E-state index >= 15 is 0 Å². The van der Waals surface area contributed by atoms with Crippen molar-refractivity contribution in [3.63, 3.8) is 0 Å². The van der Waals surface area contributed by atoms with Crippen LogP contribution in [0.2, 0.25) is 5.02 Å². The zero-order valence-electron chi connectivity index (χ0n) is 19.7. The number of ether oxygens (including phenoxy) is 5. The molecule has 0 atom stereocenters. The molecule has 0 saturated carbocycles. The Labute approximate surface area is 206 Å². The highest BCUT2D eigenvalue weighted by Crippen LogP contribution is 2.42. The number of carbonyl (C=O) groups excluding carboxylic acids is 1. The summed E-state index contributed by atoms with van der Waals surface area (Å²) < 4.78 is 66.1. The minimum absolute atomic E-state index is 0.0298. The van der Waals surface area contributed by atoms with Crippen molar-refractivity contribution in [2.24, 2.45) is 0 Å². The summed E-state index contributed by atoms with van der Waals surface area (Å²) in [6, 6.07) is 5.46. The summed E-state index contributed by atoms with van der Waals surface area (Å²) >= 11 is 6.03. The second-order valence-electron chi connectivity index (χ2n) is 7.02. The molecule has 2 aromatic rings. The van der Waals surface area contributed by atoms with Gasteiger partial charge in [0.15, 0.2) is 5.75 Å². The molecule has 0 aliphatic carbocycles. The topological polar surface area (TPSA) is 79.4 Å². The molecule has 0 spiro atoms. The van der Waals surface area contributed by atoms with Crippen LogP contribution in [0.5, 0.6) is 17.4 Å². The monoisotopic (exact) mass is 520 g/mol. The lowest BCUT2D eigenvalue weighted by Crippen LogP contribution is -2.34. The molecule has 0 saturated heterocycles. The minimum atomic E-state index is -4.61.